The number of aromatic hydroxyl groups is 1. The average molecular weight is 444 g/mol. The summed E-state index contributed by atoms with van der Waals surface area (Å²) < 4.78 is 7.32. The van der Waals surface area contributed by atoms with Gasteiger partial charge in [0.25, 0.3) is 0 Å². The molecule has 7 heteroatoms. The van der Waals surface area contributed by atoms with Crippen molar-refractivity contribution in [2.24, 2.45) is 0 Å². The average Bonchev–Trinajstić information content (AvgIpc) is 2.98. The highest BCUT2D eigenvalue weighted by atomic mass is 35.5. The van der Waals surface area contributed by atoms with E-state index in [1.54, 1.807) is 26.0 Å². The van der Waals surface area contributed by atoms with Crippen LogP contribution in [0.4, 0.5) is 0 Å². The molecule has 0 fully saturated rings. The molecule has 0 radical (unpaired) electrons. The maximum absolute atomic E-state index is 13.0. The zero-order chi connectivity index (χ0) is 23.1. The highest BCUT2D eigenvalue weighted by molar-refractivity contribution is 6.30. The van der Waals surface area contributed by atoms with Crippen molar-refractivity contribution in [3.8, 4) is 5.75 Å². The number of hydrogen-bond donors (Lipinski definition) is 2. The second kappa shape index (κ2) is 8.27. The molecule has 0 spiro atoms. The number of carboxylic acid groups (broad SMARTS) is 1. The summed E-state index contributed by atoms with van der Waals surface area (Å²) in [5.41, 5.74) is 0.940. The Labute approximate surface area is 186 Å². The number of carbonyl (C=O) groups is 2. The number of esters is 1. The van der Waals surface area contributed by atoms with Gasteiger partial charge in [-0.25, -0.2) is 4.79 Å². The van der Waals surface area contributed by atoms with E-state index in [4.69, 9.17) is 16.3 Å². The van der Waals surface area contributed by atoms with E-state index in [0.29, 0.717) is 27.8 Å². The van der Waals surface area contributed by atoms with E-state index in [-0.39, 0.29) is 23.4 Å². The SMILES string of the molecule is CCOC(=O)c1c(C)n(C(C)C)c2cccc(C(C)(C(=O)O)c3cc(O)cc(Cl)c3)c12. The first kappa shape index (κ1) is 22.7. The van der Waals surface area contributed by atoms with E-state index in [1.807, 2.05) is 31.4 Å². The molecule has 0 aliphatic carbocycles. The van der Waals surface area contributed by atoms with E-state index >= 15 is 0 Å². The number of rotatable bonds is 6. The van der Waals surface area contributed by atoms with Crippen LogP contribution in [0.15, 0.2) is 36.4 Å². The Bertz CT molecular complexity index is 1160. The molecule has 0 saturated heterocycles. The molecule has 3 aromatic rings. The number of fused-ring (bicyclic) bond motifs is 1. The molecule has 1 unspecified atom stereocenters. The number of phenolic OH excluding ortho intramolecular Hbond substituents is 1. The lowest BCUT2D eigenvalue weighted by atomic mass is 9.74. The van der Waals surface area contributed by atoms with Gasteiger partial charge in [0.2, 0.25) is 0 Å². The Hall–Kier alpha value is -2.99. The summed E-state index contributed by atoms with van der Waals surface area (Å²) in [5.74, 6) is -1.77. The number of halogens is 1. The van der Waals surface area contributed by atoms with Crippen LogP contribution < -0.4 is 0 Å². The quantitative estimate of drug-likeness (QED) is 0.494. The molecule has 0 saturated carbocycles. The van der Waals surface area contributed by atoms with Gasteiger partial charge in [-0.2, -0.15) is 0 Å². The lowest BCUT2D eigenvalue weighted by Crippen LogP contribution is -2.34. The van der Waals surface area contributed by atoms with E-state index < -0.39 is 17.4 Å². The number of carbonyl (C=O) groups excluding carboxylic acids is 1. The first-order valence-electron chi connectivity index (χ1n) is 10.1. The standard InChI is InChI=1S/C24H26ClNO5/c1-6-31-22(28)20-14(4)26(13(2)3)19-9-7-8-18(21(19)20)24(5,23(29)30)15-10-16(25)12-17(27)11-15/h7-13,27H,6H2,1-5H3,(H,29,30). The maximum Gasteiger partial charge on any atom is 0.340 e. The Balaban J connectivity index is 2.49. The lowest BCUT2D eigenvalue weighted by Gasteiger charge is -2.28. The molecule has 0 bridgehead atoms. The number of nitrogens with zero attached hydrogens (tertiary/aromatic N) is 1. The minimum absolute atomic E-state index is 0.0345. The zero-order valence-electron chi connectivity index (χ0n) is 18.2. The molecule has 0 aliphatic heterocycles. The summed E-state index contributed by atoms with van der Waals surface area (Å²) in [6, 6.07) is 9.62. The third kappa shape index (κ3) is 3.65. The number of phenols is 1. The summed E-state index contributed by atoms with van der Waals surface area (Å²) in [6.07, 6.45) is 0. The molecule has 0 aliphatic rings. The van der Waals surface area contributed by atoms with Gasteiger partial charge >= 0.3 is 11.9 Å². The zero-order valence-corrected chi connectivity index (χ0v) is 18.9. The molecular formula is C24H26ClNO5. The number of aliphatic carboxylic acids is 1. The third-order valence-corrected chi connectivity index (χ3v) is 5.92. The van der Waals surface area contributed by atoms with Crippen LogP contribution in [0.1, 0.15) is 60.9 Å². The first-order chi connectivity index (χ1) is 14.5. The largest absolute Gasteiger partial charge is 0.508 e. The predicted octanol–water partition coefficient (Wildman–Crippen LogP) is 5.46. The minimum atomic E-state index is -1.58. The monoisotopic (exact) mass is 443 g/mol. The van der Waals surface area contributed by atoms with Gasteiger partial charge in [0.15, 0.2) is 0 Å². The molecule has 164 valence electrons. The summed E-state index contributed by atoms with van der Waals surface area (Å²) in [6.45, 7) is 9.31. The Kier molecular flexibility index (Phi) is 6.05. The van der Waals surface area contributed by atoms with Crippen molar-refractivity contribution in [1.29, 1.82) is 0 Å². The highest BCUT2D eigenvalue weighted by Crippen LogP contribution is 2.42. The van der Waals surface area contributed by atoms with Crippen molar-refractivity contribution in [2.45, 2.75) is 46.1 Å². The van der Waals surface area contributed by atoms with Crippen LogP contribution in [-0.2, 0) is 14.9 Å². The smallest absolute Gasteiger partial charge is 0.340 e. The molecule has 2 aromatic carbocycles. The molecule has 1 aromatic heterocycles. The second-order valence-corrected chi connectivity index (χ2v) is 8.41. The van der Waals surface area contributed by atoms with Crippen molar-refractivity contribution in [2.75, 3.05) is 6.61 Å². The molecule has 1 heterocycles. The molecular weight excluding hydrogens is 418 g/mol. The van der Waals surface area contributed by atoms with Gasteiger partial charge in [-0.15, -0.1) is 0 Å². The fraction of sp³-hybridized carbons (Fsp3) is 0.333. The van der Waals surface area contributed by atoms with Gasteiger partial charge < -0.3 is 19.5 Å². The van der Waals surface area contributed by atoms with Gasteiger partial charge in [-0.1, -0.05) is 23.7 Å². The van der Waals surface area contributed by atoms with Gasteiger partial charge in [0.05, 0.1) is 12.2 Å². The summed E-state index contributed by atoms with van der Waals surface area (Å²) in [7, 11) is 0. The Morgan fingerprint density at radius 3 is 2.45 bits per heavy atom. The molecule has 31 heavy (non-hydrogen) atoms. The van der Waals surface area contributed by atoms with E-state index in [9.17, 15) is 19.8 Å². The van der Waals surface area contributed by atoms with Gasteiger partial charge in [0, 0.05) is 27.7 Å². The van der Waals surface area contributed by atoms with Gasteiger partial charge in [-0.05, 0) is 70.0 Å². The Morgan fingerprint density at radius 1 is 1.23 bits per heavy atom. The first-order valence-corrected chi connectivity index (χ1v) is 10.5. The number of benzene rings is 2. The fourth-order valence-electron chi connectivity index (χ4n) is 4.28. The number of ether oxygens (including phenoxy) is 1. The van der Waals surface area contributed by atoms with Crippen LogP contribution in [0.3, 0.4) is 0 Å². The topological polar surface area (TPSA) is 88.8 Å². The van der Waals surface area contributed by atoms with Crippen molar-refractivity contribution >= 4 is 34.4 Å². The molecule has 3 rings (SSSR count). The summed E-state index contributed by atoms with van der Waals surface area (Å²) in [5, 5.41) is 21.2. The van der Waals surface area contributed by atoms with Crippen LogP contribution in [-0.4, -0.2) is 33.3 Å². The van der Waals surface area contributed by atoms with Gasteiger partial charge in [0.1, 0.15) is 11.2 Å². The number of aromatic nitrogens is 1. The summed E-state index contributed by atoms with van der Waals surface area (Å²) in [4.78, 5) is 25.6. The van der Waals surface area contributed by atoms with Crippen molar-refractivity contribution < 1.29 is 24.5 Å². The van der Waals surface area contributed by atoms with Crippen LogP contribution >= 0.6 is 11.6 Å². The Morgan fingerprint density at radius 2 is 1.90 bits per heavy atom. The van der Waals surface area contributed by atoms with E-state index in [1.165, 1.54) is 18.2 Å². The minimum Gasteiger partial charge on any atom is -0.508 e. The number of hydrogen-bond acceptors (Lipinski definition) is 4. The number of carboxylic acids is 1. The fourth-order valence-corrected chi connectivity index (χ4v) is 4.51. The van der Waals surface area contributed by atoms with Crippen LogP contribution in [0, 0.1) is 6.92 Å². The normalized spacial score (nSPS) is 13.4. The summed E-state index contributed by atoms with van der Waals surface area (Å²) >= 11 is 6.13. The second-order valence-electron chi connectivity index (χ2n) is 7.97. The van der Waals surface area contributed by atoms with E-state index in [2.05, 4.69) is 0 Å². The molecule has 1 atom stereocenters. The lowest BCUT2D eigenvalue weighted by molar-refractivity contribution is -0.141. The molecule has 0 amide bonds. The molecule has 2 N–H and O–H groups in total. The van der Waals surface area contributed by atoms with E-state index in [0.717, 1.165) is 5.52 Å². The van der Waals surface area contributed by atoms with Crippen molar-refractivity contribution in [1.82, 2.24) is 4.57 Å². The predicted molar refractivity (Wildman–Crippen MR) is 120 cm³/mol. The maximum atomic E-state index is 13.0. The van der Waals surface area contributed by atoms with Crippen LogP contribution in [0.5, 0.6) is 5.75 Å². The highest BCUT2D eigenvalue weighted by Gasteiger charge is 2.41. The van der Waals surface area contributed by atoms with Crippen molar-refractivity contribution in [3.63, 3.8) is 0 Å². The third-order valence-electron chi connectivity index (χ3n) is 5.70. The van der Waals surface area contributed by atoms with Gasteiger partial charge in [-0.3, -0.25) is 4.79 Å². The van der Waals surface area contributed by atoms with Crippen LogP contribution in [0.2, 0.25) is 5.02 Å². The van der Waals surface area contributed by atoms with Crippen LogP contribution in [0.25, 0.3) is 10.9 Å². The van der Waals surface area contributed by atoms with Crippen molar-refractivity contribution in [3.05, 3.63) is 63.8 Å². The molecule has 6 nitrogen and oxygen atoms in total.